The summed E-state index contributed by atoms with van der Waals surface area (Å²) in [7, 11) is 3.50. The first-order valence-corrected chi connectivity index (χ1v) is 6.81. The van der Waals surface area contributed by atoms with Crippen molar-refractivity contribution >= 4 is 11.9 Å². The first-order valence-electron chi connectivity index (χ1n) is 6.81. The molecule has 1 aliphatic carbocycles. The zero-order chi connectivity index (χ0) is 14.5. The Hall–Kier alpha value is -1.14. The van der Waals surface area contributed by atoms with Crippen LogP contribution in [0.5, 0.6) is 0 Å². The third-order valence-electron chi connectivity index (χ3n) is 4.02. The first-order chi connectivity index (χ1) is 8.99. The largest absolute Gasteiger partial charge is 0.465 e. The van der Waals surface area contributed by atoms with Crippen LogP contribution in [0, 0.1) is 5.92 Å². The Kier molecular flexibility index (Phi) is 5.75. The van der Waals surface area contributed by atoms with E-state index in [1.54, 1.807) is 21.0 Å². The van der Waals surface area contributed by atoms with Gasteiger partial charge < -0.3 is 21.1 Å². The summed E-state index contributed by atoms with van der Waals surface area (Å²) < 4.78 is 5.14. The predicted octanol–water partition coefficient (Wildman–Crippen LogP) is -0.229. The molecule has 0 bridgehead atoms. The highest BCUT2D eigenvalue weighted by molar-refractivity contribution is 5.81. The maximum atomic E-state index is 12.0. The summed E-state index contributed by atoms with van der Waals surface area (Å²) in [4.78, 5) is 23.3. The number of esters is 1. The zero-order valence-corrected chi connectivity index (χ0v) is 12.0. The van der Waals surface area contributed by atoms with Crippen molar-refractivity contribution in [1.29, 1.82) is 0 Å². The van der Waals surface area contributed by atoms with Crippen molar-refractivity contribution < 1.29 is 14.3 Å². The quantitative estimate of drug-likeness (QED) is 0.556. The summed E-state index contributed by atoms with van der Waals surface area (Å²) in [5.74, 6) is -0.248. The van der Waals surface area contributed by atoms with Crippen LogP contribution < -0.4 is 16.4 Å². The molecule has 0 saturated heterocycles. The molecule has 1 rings (SSSR count). The second kappa shape index (κ2) is 6.86. The summed E-state index contributed by atoms with van der Waals surface area (Å²) in [6.07, 6.45) is 2.98. The van der Waals surface area contributed by atoms with Gasteiger partial charge in [0, 0.05) is 0 Å². The smallest absolute Gasteiger partial charge is 0.326 e. The molecule has 0 radical (unpaired) electrons. The summed E-state index contributed by atoms with van der Waals surface area (Å²) in [6.45, 7) is 2.19. The van der Waals surface area contributed by atoms with Crippen molar-refractivity contribution in [3.05, 3.63) is 0 Å². The molecule has 6 nitrogen and oxygen atoms in total. The van der Waals surface area contributed by atoms with E-state index in [4.69, 9.17) is 10.5 Å². The molecule has 1 fully saturated rings. The fourth-order valence-electron chi connectivity index (χ4n) is 2.84. The van der Waals surface area contributed by atoms with Gasteiger partial charge in [-0.25, -0.2) is 0 Å². The van der Waals surface area contributed by atoms with Crippen LogP contribution in [-0.2, 0) is 14.3 Å². The van der Waals surface area contributed by atoms with Gasteiger partial charge in [-0.1, -0.05) is 0 Å². The van der Waals surface area contributed by atoms with E-state index >= 15 is 0 Å². The SMILES string of the molecule is CCOC(=O)C1(NC)CCC(CC(NC)C(N)=O)C1. The number of carbonyl (C=O) groups is 2. The molecular formula is C13H25N3O3. The molecule has 0 aliphatic heterocycles. The minimum absolute atomic E-state index is 0.194. The standard InChI is InChI=1S/C13H25N3O3/c1-4-19-12(18)13(16-3)6-5-9(8-13)7-10(15-2)11(14)17/h9-10,15-16H,4-8H2,1-3H3,(H2,14,17). The normalized spacial score (nSPS) is 28.1. The predicted molar refractivity (Wildman–Crippen MR) is 72.4 cm³/mol. The summed E-state index contributed by atoms with van der Waals surface area (Å²) >= 11 is 0. The highest BCUT2D eigenvalue weighted by atomic mass is 16.5. The number of hydrogen-bond donors (Lipinski definition) is 3. The molecule has 6 heteroatoms. The second-order valence-corrected chi connectivity index (χ2v) is 5.14. The van der Waals surface area contributed by atoms with Gasteiger partial charge in [-0.2, -0.15) is 0 Å². The average molecular weight is 271 g/mol. The molecular weight excluding hydrogens is 246 g/mol. The number of nitrogens with two attached hydrogens (primary N) is 1. The van der Waals surface area contributed by atoms with Gasteiger partial charge >= 0.3 is 5.97 Å². The van der Waals surface area contributed by atoms with E-state index in [2.05, 4.69) is 10.6 Å². The number of amides is 1. The fraction of sp³-hybridized carbons (Fsp3) is 0.846. The number of nitrogens with one attached hydrogen (secondary N) is 2. The third-order valence-corrected chi connectivity index (χ3v) is 4.02. The molecule has 0 spiro atoms. The molecule has 1 amide bonds. The van der Waals surface area contributed by atoms with Crippen LogP contribution in [0.4, 0.5) is 0 Å². The molecule has 0 aromatic heterocycles. The van der Waals surface area contributed by atoms with E-state index in [0.717, 1.165) is 12.8 Å². The minimum atomic E-state index is -0.601. The summed E-state index contributed by atoms with van der Waals surface area (Å²) in [5, 5.41) is 6.02. The van der Waals surface area contributed by atoms with Crippen LogP contribution in [0.25, 0.3) is 0 Å². The van der Waals surface area contributed by atoms with E-state index < -0.39 is 5.54 Å². The Morgan fingerprint density at radius 2 is 2.16 bits per heavy atom. The maximum absolute atomic E-state index is 12.0. The van der Waals surface area contributed by atoms with Gasteiger partial charge in [0.1, 0.15) is 5.54 Å². The van der Waals surface area contributed by atoms with Gasteiger partial charge in [0.15, 0.2) is 0 Å². The number of carbonyl (C=O) groups excluding carboxylic acids is 2. The van der Waals surface area contributed by atoms with E-state index in [-0.39, 0.29) is 17.9 Å². The molecule has 110 valence electrons. The van der Waals surface area contributed by atoms with Crippen LogP contribution in [0.15, 0.2) is 0 Å². The lowest BCUT2D eigenvalue weighted by molar-refractivity contribution is -0.150. The Morgan fingerprint density at radius 3 is 2.63 bits per heavy atom. The van der Waals surface area contributed by atoms with Crippen molar-refractivity contribution in [3.63, 3.8) is 0 Å². The topological polar surface area (TPSA) is 93.4 Å². The van der Waals surface area contributed by atoms with Crippen molar-refractivity contribution in [3.8, 4) is 0 Å². The van der Waals surface area contributed by atoms with E-state index in [1.165, 1.54) is 0 Å². The molecule has 4 N–H and O–H groups in total. The van der Waals surface area contributed by atoms with Gasteiger partial charge in [0.05, 0.1) is 12.6 Å². The molecule has 3 unspecified atom stereocenters. The fourth-order valence-corrected chi connectivity index (χ4v) is 2.84. The number of hydrogen-bond acceptors (Lipinski definition) is 5. The molecule has 19 heavy (non-hydrogen) atoms. The van der Waals surface area contributed by atoms with Crippen molar-refractivity contribution in [2.24, 2.45) is 11.7 Å². The molecule has 0 heterocycles. The highest BCUT2D eigenvalue weighted by Gasteiger charge is 2.45. The lowest BCUT2D eigenvalue weighted by Crippen LogP contribution is -2.49. The van der Waals surface area contributed by atoms with Crippen molar-refractivity contribution in [2.45, 2.75) is 44.2 Å². The van der Waals surface area contributed by atoms with E-state index in [9.17, 15) is 9.59 Å². The number of likely N-dealkylation sites (N-methyl/N-ethyl adjacent to an activating group) is 2. The van der Waals surface area contributed by atoms with Crippen molar-refractivity contribution in [2.75, 3.05) is 20.7 Å². The average Bonchev–Trinajstić information content (AvgIpc) is 2.80. The molecule has 0 aromatic carbocycles. The number of ether oxygens (including phenoxy) is 1. The lowest BCUT2D eigenvalue weighted by Gasteiger charge is -2.26. The lowest BCUT2D eigenvalue weighted by atomic mass is 9.93. The Bertz CT molecular complexity index is 335. The van der Waals surface area contributed by atoms with Crippen LogP contribution in [0.2, 0.25) is 0 Å². The van der Waals surface area contributed by atoms with Gasteiger partial charge in [-0.3, -0.25) is 9.59 Å². The molecule has 1 saturated carbocycles. The summed E-state index contributed by atoms with van der Waals surface area (Å²) in [6, 6.07) is -0.333. The Labute approximate surface area is 114 Å². The first kappa shape index (κ1) is 15.9. The van der Waals surface area contributed by atoms with Gasteiger partial charge in [-0.15, -0.1) is 0 Å². The molecule has 0 aromatic rings. The van der Waals surface area contributed by atoms with Gasteiger partial charge in [0.25, 0.3) is 0 Å². The molecule has 1 aliphatic rings. The van der Waals surface area contributed by atoms with Gasteiger partial charge in [0.2, 0.25) is 5.91 Å². The molecule has 3 atom stereocenters. The number of rotatable bonds is 7. The van der Waals surface area contributed by atoms with E-state index in [0.29, 0.717) is 25.4 Å². The Morgan fingerprint density at radius 1 is 1.47 bits per heavy atom. The highest BCUT2D eigenvalue weighted by Crippen LogP contribution is 2.37. The van der Waals surface area contributed by atoms with Crippen LogP contribution in [0.1, 0.15) is 32.6 Å². The van der Waals surface area contributed by atoms with E-state index in [1.807, 2.05) is 0 Å². The zero-order valence-electron chi connectivity index (χ0n) is 12.0. The van der Waals surface area contributed by atoms with Crippen molar-refractivity contribution in [1.82, 2.24) is 10.6 Å². The Balaban J connectivity index is 2.64. The maximum Gasteiger partial charge on any atom is 0.326 e. The van der Waals surface area contributed by atoms with Crippen LogP contribution in [-0.4, -0.2) is 44.2 Å². The van der Waals surface area contributed by atoms with Gasteiger partial charge in [-0.05, 0) is 52.6 Å². The second-order valence-electron chi connectivity index (χ2n) is 5.14. The monoisotopic (exact) mass is 271 g/mol. The summed E-state index contributed by atoms with van der Waals surface area (Å²) in [5.41, 5.74) is 4.72. The third kappa shape index (κ3) is 3.67. The van der Waals surface area contributed by atoms with Crippen LogP contribution >= 0.6 is 0 Å². The number of primary amides is 1. The van der Waals surface area contributed by atoms with Crippen LogP contribution in [0.3, 0.4) is 0 Å². The minimum Gasteiger partial charge on any atom is -0.465 e.